The predicted molar refractivity (Wildman–Crippen MR) is 86.6 cm³/mol. The number of carbonyl (C=O) groups is 2. The zero-order valence-electron chi connectivity index (χ0n) is 13.1. The van der Waals surface area contributed by atoms with Crippen LogP contribution in [0.3, 0.4) is 0 Å². The maximum atomic E-state index is 13.7. The zero-order chi connectivity index (χ0) is 16.8. The second kappa shape index (κ2) is 8.15. The van der Waals surface area contributed by atoms with E-state index in [0.717, 1.165) is 12.8 Å². The van der Waals surface area contributed by atoms with Gasteiger partial charge in [-0.25, -0.2) is 9.18 Å². The third-order valence-electron chi connectivity index (χ3n) is 4.10. The van der Waals surface area contributed by atoms with E-state index in [4.69, 9.17) is 11.6 Å². The minimum absolute atomic E-state index is 0.0334. The first kappa shape index (κ1) is 17.5. The molecule has 126 valence electrons. The van der Waals surface area contributed by atoms with Crippen LogP contribution in [-0.2, 0) is 11.3 Å². The molecule has 1 aromatic carbocycles. The molecule has 1 aliphatic heterocycles. The lowest BCUT2D eigenvalue weighted by atomic mass is 9.93. The van der Waals surface area contributed by atoms with Gasteiger partial charge >= 0.3 is 6.03 Å². The Morgan fingerprint density at radius 1 is 1.35 bits per heavy atom. The maximum Gasteiger partial charge on any atom is 0.317 e. The first-order chi connectivity index (χ1) is 11.0. The number of nitrogens with zero attached hydrogens (tertiary/aromatic N) is 1. The summed E-state index contributed by atoms with van der Waals surface area (Å²) in [7, 11) is 1.63. The van der Waals surface area contributed by atoms with Gasteiger partial charge in [-0.3, -0.25) is 4.79 Å². The van der Waals surface area contributed by atoms with Crippen molar-refractivity contribution in [3.8, 4) is 0 Å². The molecule has 0 spiro atoms. The summed E-state index contributed by atoms with van der Waals surface area (Å²) in [6, 6.07) is 4.18. The summed E-state index contributed by atoms with van der Waals surface area (Å²) in [5, 5.41) is 5.67. The van der Waals surface area contributed by atoms with Crippen LogP contribution in [0.1, 0.15) is 24.8 Å². The molecule has 3 amide bonds. The van der Waals surface area contributed by atoms with Crippen molar-refractivity contribution in [3.05, 3.63) is 34.6 Å². The minimum Gasteiger partial charge on any atom is -0.359 e. The molecule has 1 aliphatic rings. The number of likely N-dealkylation sites (tertiary alicyclic amines) is 1. The van der Waals surface area contributed by atoms with Crippen molar-refractivity contribution >= 4 is 23.5 Å². The zero-order valence-corrected chi connectivity index (χ0v) is 13.8. The van der Waals surface area contributed by atoms with Crippen molar-refractivity contribution in [3.63, 3.8) is 0 Å². The molecular formula is C16H21ClFN3O2. The van der Waals surface area contributed by atoms with E-state index in [1.807, 2.05) is 0 Å². The highest BCUT2D eigenvalue weighted by Crippen LogP contribution is 2.20. The molecule has 23 heavy (non-hydrogen) atoms. The second-order valence-electron chi connectivity index (χ2n) is 5.70. The monoisotopic (exact) mass is 341 g/mol. The van der Waals surface area contributed by atoms with Gasteiger partial charge in [0.1, 0.15) is 5.82 Å². The smallest absolute Gasteiger partial charge is 0.317 e. The molecule has 1 heterocycles. The SMILES string of the molecule is CNC(=O)CC1CCN(C(=O)NCc2ccc(Cl)cc2F)CC1. The molecule has 1 saturated heterocycles. The summed E-state index contributed by atoms with van der Waals surface area (Å²) in [6.07, 6.45) is 2.11. The minimum atomic E-state index is -0.429. The summed E-state index contributed by atoms with van der Waals surface area (Å²) in [5.74, 6) is -0.0825. The molecule has 0 radical (unpaired) electrons. The topological polar surface area (TPSA) is 61.4 Å². The standard InChI is InChI=1S/C16H21ClFN3O2/c1-19-15(22)8-11-4-6-21(7-5-11)16(23)20-10-12-2-3-13(17)9-14(12)18/h2-3,9,11H,4-8,10H2,1H3,(H,19,22)(H,20,23). The maximum absolute atomic E-state index is 13.7. The van der Waals surface area contributed by atoms with Crippen molar-refractivity contribution in [2.24, 2.45) is 5.92 Å². The molecule has 2 rings (SSSR count). The molecule has 0 bridgehead atoms. The highest BCUT2D eigenvalue weighted by Gasteiger charge is 2.24. The molecule has 0 aromatic heterocycles. The van der Waals surface area contributed by atoms with E-state index < -0.39 is 5.82 Å². The summed E-state index contributed by atoms with van der Waals surface area (Å²) >= 11 is 5.70. The summed E-state index contributed by atoms with van der Waals surface area (Å²) < 4.78 is 13.7. The molecule has 5 nitrogen and oxygen atoms in total. The number of piperidine rings is 1. The van der Waals surface area contributed by atoms with Gasteiger partial charge in [0.25, 0.3) is 0 Å². The average molecular weight is 342 g/mol. The number of nitrogens with one attached hydrogen (secondary N) is 2. The largest absolute Gasteiger partial charge is 0.359 e. The lowest BCUT2D eigenvalue weighted by Crippen LogP contribution is -2.44. The van der Waals surface area contributed by atoms with Crippen LogP contribution in [0.25, 0.3) is 0 Å². The fraction of sp³-hybridized carbons (Fsp3) is 0.500. The molecule has 0 unspecified atom stereocenters. The first-order valence-corrected chi connectivity index (χ1v) is 8.04. The second-order valence-corrected chi connectivity index (χ2v) is 6.14. The van der Waals surface area contributed by atoms with E-state index in [2.05, 4.69) is 10.6 Å². The number of hydrogen-bond donors (Lipinski definition) is 2. The van der Waals surface area contributed by atoms with Gasteiger partial charge in [0.2, 0.25) is 5.91 Å². The van der Waals surface area contributed by atoms with Gasteiger partial charge < -0.3 is 15.5 Å². The Bertz CT molecular complexity index is 574. The molecule has 0 atom stereocenters. The summed E-state index contributed by atoms with van der Waals surface area (Å²) in [5.41, 5.74) is 0.400. The molecule has 0 aliphatic carbocycles. The lowest BCUT2D eigenvalue weighted by molar-refractivity contribution is -0.121. The van der Waals surface area contributed by atoms with Gasteiger partial charge in [-0.15, -0.1) is 0 Å². The Morgan fingerprint density at radius 2 is 2.04 bits per heavy atom. The number of benzene rings is 1. The van der Waals surface area contributed by atoms with Crippen LogP contribution in [0.4, 0.5) is 9.18 Å². The van der Waals surface area contributed by atoms with Gasteiger partial charge in [-0.1, -0.05) is 17.7 Å². The molecule has 1 fully saturated rings. The van der Waals surface area contributed by atoms with Crippen molar-refractivity contribution in [2.45, 2.75) is 25.8 Å². The number of rotatable bonds is 4. The third-order valence-corrected chi connectivity index (χ3v) is 4.33. The Kier molecular flexibility index (Phi) is 6.21. The van der Waals surface area contributed by atoms with Crippen molar-refractivity contribution in [1.29, 1.82) is 0 Å². The normalized spacial score (nSPS) is 15.3. The van der Waals surface area contributed by atoms with Gasteiger partial charge in [0.15, 0.2) is 0 Å². The van der Waals surface area contributed by atoms with Crippen LogP contribution < -0.4 is 10.6 Å². The van der Waals surface area contributed by atoms with Crippen LogP contribution in [0, 0.1) is 11.7 Å². The quantitative estimate of drug-likeness (QED) is 0.884. The molecule has 0 saturated carbocycles. The fourth-order valence-electron chi connectivity index (χ4n) is 2.65. The average Bonchev–Trinajstić information content (AvgIpc) is 2.54. The van der Waals surface area contributed by atoms with Crippen LogP contribution in [-0.4, -0.2) is 37.0 Å². The van der Waals surface area contributed by atoms with E-state index >= 15 is 0 Å². The van der Waals surface area contributed by atoms with E-state index in [9.17, 15) is 14.0 Å². The van der Waals surface area contributed by atoms with Crippen LogP contribution in [0.15, 0.2) is 18.2 Å². The number of amides is 3. The Hall–Kier alpha value is -1.82. The van der Waals surface area contributed by atoms with E-state index in [1.165, 1.54) is 6.07 Å². The van der Waals surface area contributed by atoms with Crippen LogP contribution in [0.5, 0.6) is 0 Å². The van der Waals surface area contributed by atoms with Gasteiger partial charge in [-0.05, 0) is 30.9 Å². The number of hydrogen-bond acceptors (Lipinski definition) is 2. The van der Waals surface area contributed by atoms with Crippen molar-refractivity contribution in [1.82, 2.24) is 15.5 Å². The van der Waals surface area contributed by atoms with Gasteiger partial charge in [-0.2, -0.15) is 0 Å². The highest BCUT2D eigenvalue weighted by atomic mass is 35.5. The fourth-order valence-corrected chi connectivity index (χ4v) is 2.81. The van der Waals surface area contributed by atoms with Gasteiger partial charge in [0.05, 0.1) is 0 Å². The Morgan fingerprint density at radius 3 is 2.65 bits per heavy atom. The predicted octanol–water partition coefficient (Wildman–Crippen LogP) is 2.54. The lowest BCUT2D eigenvalue weighted by Gasteiger charge is -2.31. The highest BCUT2D eigenvalue weighted by molar-refractivity contribution is 6.30. The van der Waals surface area contributed by atoms with Gasteiger partial charge in [0, 0.05) is 43.7 Å². The first-order valence-electron chi connectivity index (χ1n) is 7.67. The van der Waals surface area contributed by atoms with Crippen molar-refractivity contribution < 1.29 is 14.0 Å². The summed E-state index contributed by atoms with van der Waals surface area (Å²) in [6.45, 7) is 1.34. The number of halogens is 2. The third kappa shape index (κ3) is 5.10. The molecule has 7 heteroatoms. The van der Waals surface area contributed by atoms with E-state index in [0.29, 0.717) is 36.0 Å². The Balaban J connectivity index is 1.78. The summed E-state index contributed by atoms with van der Waals surface area (Å²) in [4.78, 5) is 25.2. The van der Waals surface area contributed by atoms with E-state index in [1.54, 1.807) is 24.1 Å². The number of urea groups is 1. The Labute approximate surface area is 140 Å². The van der Waals surface area contributed by atoms with Crippen LogP contribution in [0.2, 0.25) is 5.02 Å². The molecule has 2 N–H and O–H groups in total. The number of carbonyl (C=O) groups excluding carboxylic acids is 2. The van der Waals surface area contributed by atoms with Crippen LogP contribution >= 0.6 is 11.6 Å². The van der Waals surface area contributed by atoms with E-state index in [-0.39, 0.29) is 18.5 Å². The molecule has 1 aromatic rings. The molecular weight excluding hydrogens is 321 g/mol. The van der Waals surface area contributed by atoms with Crippen molar-refractivity contribution in [2.75, 3.05) is 20.1 Å².